The highest BCUT2D eigenvalue weighted by Crippen LogP contribution is 2.28. The molecule has 1 aliphatic carbocycles. The highest BCUT2D eigenvalue weighted by molar-refractivity contribution is 7.83. The van der Waals surface area contributed by atoms with E-state index in [1.807, 2.05) is 0 Å². The zero-order chi connectivity index (χ0) is 10.8. The molecule has 2 unspecified atom stereocenters. The topological polar surface area (TPSA) is 91.2 Å². The van der Waals surface area contributed by atoms with E-state index in [0.717, 1.165) is 24.1 Å². The summed E-state index contributed by atoms with van der Waals surface area (Å²) in [6.45, 7) is 0. The van der Waals surface area contributed by atoms with Crippen LogP contribution in [-0.4, -0.2) is 14.4 Å². The molecule has 0 saturated carbocycles. The standard InChI is InChI=1S/C9H13N3O2S/c10-14-9-3-4-12-8-2-1-6(15(11)13)5-7(8)9/h3-4,6H,1-2,5,10-11H2. The highest BCUT2D eigenvalue weighted by Gasteiger charge is 2.25. The highest BCUT2D eigenvalue weighted by atomic mass is 32.2. The first-order chi connectivity index (χ1) is 7.22. The van der Waals surface area contributed by atoms with Gasteiger partial charge < -0.3 is 4.84 Å². The van der Waals surface area contributed by atoms with Gasteiger partial charge >= 0.3 is 0 Å². The second kappa shape index (κ2) is 4.26. The Labute approximate surface area is 90.4 Å². The molecule has 1 aliphatic rings. The smallest absolute Gasteiger partial charge is 0.153 e. The summed E-state index contributed by atoms with van der Waals surface area (Å²) in [5, 5.41) is 5.38. The van der Waals surface area contributed by atoms with Crippen LogP contribution in [0.25, 0.3) is 0 Å². The van der Waals surface area contributed by atoms with E-state index in [1.54, 1.807) is 12.3 Å². The molecule has 1 aromatic heterocycles. The number of fused-ring (bicyclic) bond motifs is 1. The SMILES string of the molecule is NOc1ccnc2c1CC(S(N)=O)CC2. The zero-order valence-corrected chi connectivity index (χ0v) is 9.00. The summed E-state index contributed by atoms with van der Waals surface area (Å²) in [6, 6.07) is 1.71. The Balaban J connectivity index is 2.34. The van der Waals surface area contributed by atoms with Gasteiger partial charge in [-0.1, -0.05) is 0 Å². The molecule has 2 atom stereocenters. The van der Waals surface area contributed by atoms with Crippen LogP contribution in [0.5, 0.6) is 5.75 Å². The maximum atomic E-state index is 11.2. The van der Waals surface area contributed by atoms with E-state index in [0.29, 0.717) is 12.2 Å². The lowest BCUT2D eigenvalue weighted by atomic mass is 9.95. The fourth-order valence-corrected chi connectivity index (χ4v) is 2.57. The van der Waals surface area contributed by atoms with E-state index in [4.69, 9.17) is 15.9 Å². The first kappa shape index (κ1) is 10.5. The molecule has 0 saturated heterocycles. The molecular formula is C9H13N3O2S. The van der Waals surface area contributed by atoms with Crippen molar-refractivity contribution >= 4 is 11.0 Å². The second-order valence-corrected chi connectivity index (χ2v) is 4.87. The maximum Gasteiger partial charge on any atom is 0.153 e. The monoisotopic (exact) mass is 227 g/mol. The van der Waals surface area contributed by atoms with E-state index >= 15 is 0 Å². The van der Waals surface area contributed by atoms with Crippen LogP contribution in [0.3, 0.4) is 0 Å². The van der Waals surface area contributed by atoms with Crippen molar-refractivity contribution in [3.63, 3.8) is 0 Å². The van der Waals surface area contributed by atoms with Gasteiger partial charge in [0, 0.05) is 23.5 Å². The van der Waals surface area contributed by atoms with E-state index in [-0.39, 0.29) is 5.25 Å². The van der Waals surface area contributed by atoms with E-state index in [1.165, 1.54) is 0 Å². The van der Waals surface area contributed by atoms with Crippen molar-refractivity contribution in [3.8, 4) is 5.75 Å². The van der Waals surface area contributed by atoms with Crippen LogP contribution >= 0.6 is 0 Å². The molecule has 0 aromatic carbocycles. The molecule has 1 heterocycles. The minimum Gasteiger partial charge on any atom is -0.411 e. The second-order valence-electron chi connectivity index (χ2n) is 3.55. The molecule has 6 heteroatoms. The predicted molar refractivity (Wildman–Crippen MR) is 57.2 cm³/mol. The minimum atomic E-state index is -1.29. The van der Waals surface area contributed by atoms with Crippen LogP contribution in [0.15, 0.2) is 12.3 Å². The predicted octanol–water partition coefficient (Wildman–Crippen LogP) is -0.186. The molecule has 0 spiro atoms. The van der Waals surface area contributed by atoms with Gasteiger partial charge in [-0.25, -0.2) is 4.21 Å². The van der Waals surface area contributed by atoms with Gasteiger partial charge in [0.2, 0.25) is 0 Å². The van der Waals surface area contributed by atoms with Crippen molar-refractivity contribution in [2.24, 2.45) is 11.0 Å². The van der Waals surface area contributed by atoms with Crippen molar-refractivity contribution < 1.29 is 9.05 Å². The largest absolute Gasteiger partial charge is 0.411 e. The Morgan fingerprint density at radius 2 is 2.40 bits per heavy atom. The molecule has 0 amide bonds. The lowest BCUT2D eigenvalue weighted by Crippen LogP contribution is -2.29. The van der Waals surface area contributed by atoms with Crippen LogP contribution in [0.1, 0.15) is 17.7 Å². The van der Waals surface area contributed by atoms with Crippen molar-refractivity contribution in [1.82, 2.24) is 4.98 Å². The molecule has 15 heavy (non-hydrogen) atoms. The van der Waals surface area contributed by atoms with Crippen LogP contribution < -0.4 is 15.9 Å². The zero-order valence-electron chi connectivity index (χ0n) is 8.18. The lowest BCUT2D eigenvalue weighted by Gasteiger charge is -2.22. The summed E-state index contributed by atoms with van der Waals surface area (Å²) in [5.74, 6) is 5.77. The van der Waals surface area contributed by atoms with Gasteiger partial charge in [0.1, 0.15) is 0 Å². The molecular weight excluding hydrogens is 214 g/mol. The van der Waals surface area contributed by atoms with E-state index in [9.17, 15) is 4.21 Å². The third-order valence-corrected chi connectivity index (χ3v) is 3.75. The van der Waals surface area contributed by atoms with E-state index < -0.39 is 11.0 Å². The van der Waals surface area contributed by atoms with Crippen LogP contribution in [0.4, 0.5) is 0 Å². The molecule has 2 rings (SSSR count). The third-order valence-electron chi connectivity index (χ3n) is 2.69. The Morgan fingerprint density at radius 1 is 1.60 bits per heavy atom. The summed E-state index contributed by atoms with van der Waals surface area (Å²) in [4.78, 5) is 9.01. The van der Waals surface area contributed by atoms with Gasteiger partial charge in [-0.05, 0) is 19.3 Å². The summed E-state index contributed by atoms with van der Waals surface area (Å²) in [6.07, 6.45) is 3.87. The molecule has 5 nitrogen and oxygen atoms in total. The molecule has 82 valence electrons. The number of nitrogens with zero attached hydrogens (tertiary/aromatic N) is 1. The molecule has 0 radical (unpaired) electrons. The maximum absolute atomic E-state index is 11.2. The summed E-state index contributed by atoms with van der Waals surface area (Å²) < 4.78 is 11.2. The van der Waals surface area contributed by atoms with Crippen molar-refractivity contribution in [1.29, 1.82) is 0 Å². The quantitative estimate of drug-likeness (QED) is 0.685. The van der Waals surface area contributed by atoms with Crippen LogP contribution in [0.2, 0.25) is 0 Å². The van der Waals surface area contributed by atoms with Crippen molar-refractivity contribution in [2.45, 2.75) is 24.5 Å². The van der Waals surface area contributed by atoms with Gasteiger partial charge in [-0.15, -0.1) is 0 Å². The lowest BCUT2D eigenvalue weighted by molar-refractivity contribution is 0.328. The molecule has 1 aromatic rings. The first-order valence-corrected chi connectivity index (χ1v) is 5.98. The van der Waals surface area contributed by atoms with Gasteiger partial charge in [0.05, 0.1) is 16.2 Å². The van der Waals surface area contributed by atoms with E-state index in [2.05, 4.69) is 4.98 Å². The molecule has 4 N–H and O–H groups in total. The van der Waals surface area contributed by atoms with Crippen LogP contribution in [-0.2, 0) is 23.8 Å². The fourth-order valence-electron chi connectivity index (χ4n) is 1.89. The van der Waals surface area contributed by atoms with Crippen molar-refractivity contribution in [3.05, 3.63) is 23.5 Å². The number of hydrogen-bond donors (Lipinski definition) is 2. The van der Waals surface area contributed by atoms with Gasteiger partial charge in [0.25, 0.3) is 0 Å². The Bertz CT molecular complexity index is 383. The van der Waals surface area contributed by atoms with Crippen LogP contribution in [0, 0.1) is 0 Å². The summed E-state index contributed by atoms with van der Waals surface area (Å²) in [5.41, 5.74) is 1.91. The summed E-state index contributed by atoms with van der Waals surface area (Å²) in [7, 11) is -1.29. The normalized spacial score (nSPS) is 21.9. The molecule has 0 fully saturated rings. The minimum absolute atomic E-state index is 0.0180. The number of pyridine rings is 1. The molecule has 0 bridgehead atoms. The fraction of sp³-hybridized carbons (Fsp3) is 0.444. The Morgan fingerprint density at radius 3 is 3.07 bits per heavy atom. The van der Waals surface area contributed by atoms with Crippen molar-refractivity contribution in [2.75, 3.05) is 0 Å². The Hall–Kier alpha value is -0.980. The first-order valence-electron chi connectivity index (χ1n) is 4.71. The number of nitrogens with two attached hydrogens (primary N) is 2. The summed E-state index contributed by atoms with van der Waals surface area (Å²) >= 11 is 0. The number of aromatic nitrogens is 1. The third kappa shape index (κ3) is 2.01. The van der Waals surface area contributed by atoms with Gasteiger partial charge in [0.15, 0.2) is 5.75 Å². The average molecular weight is 227 g/mol. The number of rotatable bonds is 2. The number of aryl methyl sites for hydroxylation is 1. The Kier molecular flexibility index (Phi) is 2.99. The van der Waals surface area contributed by atoms with Gasteiger partial charge in [-0.3, -0.25) is 10.1 Å². The average Bonchev–Trinajstić information content (AvgIpc) is 2.27. The molecule has 0 aliphatic heterocycles. The van der Waals surface area contributed by atoms with Gasteiger partial charge in [-0.2, -0.15) is 5.90 Å². The number of hydrogen-bond acceptors (Lipinski definition) is 4.